The van der Waals surface area contributed by atoms with Gasteiger partial charge in [-0.3, -0.25) is 9.80 Å². The van der Waals surface area contributed by atoms with E-state index in [0.29, 0.717) is 87.5 Å². The molecule has 0 saturated carbocycles. The number of halogens is 6. The molecule has 0 unspecified atom stereocenters. The van der Waals surface area contributed by atoms with Crippen molar-refractivity contribution in [2.45, 2.75) is 50.4 Å². The van der Waals surface area contributed by atoms with Gasteiger partial charge in [-0.05, 0) is 85.6 Å². The van der Waals surface area contributed by atoms with Gasteiger partial charge in [0, 0.05) is 59.8 Å². The molecule has 79 heavy (non-hydrogen) atoms. The number of fused-ring (bicyclic) bond motifs is 8. The number of aliphatic imine (C=N–C) groups is 1. The number of pyridine rings is 2. The number of guanidine groups is 1. The smallest absolute Gasteiger partial charge is 0.416 e. The molecule has 4 aromatic heterocycles. The minimum atomic E-state index is -4.48. The Balaban J connectivity index is 0.000000168. The summed E-state index contributed by atoms with van der Waals surface area (Å²) in [6.07, 6.45) is -4.33. The summed E-state index contributed by atoms with van der Waals surface area (Å²) >= 11 is 0. The molecular formula is C55H48F6N14O4. The van der Waals surface area contributed by atoms with Crippen LogP contribution in [0.4, 0.5) is 70.3 Å². The largest absolute Gasteiger partial charge is 0.439 e. The van der Waals surface area contributed by atoms with E-state index in [1.54, 1.807) is 82.9 Å². The molecule has 0 radical (unpaired) electrons. The van der Waals surface area contributed by atoms with Crippen LogP contribution in [0, 0.1) is 0 Å². The highest BCUT2D eigenvalue weighted by molar-refractivity contribution is 6.06. The maximum atomic E-state index is 13.7. The highest BCUT2D eigenvalue weighted by Gasteiger charge is 2.42. The fraction of sp³-hybridized carbons (Fsp3) is 0.218. The van der Waals surface area contributed by atoms with Gasteiger partial charge in [-0.1, -0.05) is 48.5 Å². The monoisotopic (exact) mass is 1080 g/mol. The maximum absolute atomic E-state index is 13.7. The number of amides is 4. The lowest BCUT2D eigenvalue weighted by Gasteiger charge is -2.36. The van der Waals surface area contributed by atoms with E-state index in [1.807, 2.05) is 24.3 Å². The van der Waals surface area contributed by atoms with Crippen LogP contribution in [-0.2, 0) is 25.4 Å². The molecule has 0 spiro atoms. The Kier molecular flexibility index (Phi) is 13.6. The fourth-order valence-corrected chi connectivity index (χ4v) is 10.1. The van der Waals surface area contributed by atoms with E-state index in [-0.39, 0.29) is 37.2 Å². The third-order valence-electron chi connectivity index (χ3n) is 13.8. The van der Waals surface area contributed by atoms with E-state index >= 15 is 0 Å². The predicted octanol–water partition coefficient (Wildman–Crippen LogP) is 10.3. The third kappa shape index (κ3) is 10.8. The molecule has 12 rings (SSSR count). The van der Waals surface area contributed by atoms with Crippen LogP contribution in [0.2, 0.25) is 0 Å². The first-order valence-electron chi connectivity index (χ1n) is 24.9. The first-order valence-corrected chi connectivity index (χ1v) is 24.9. The molecular weight excluding hydrogens is 1030 g/mol. The molecule has 4 aromatic carbocycles. The van der Waals surface area contributed by atoms with Crippen LogP contribution < -0.4 is 47.4 Å². The minimum absolute atomic E-state index is 0.0735. The van der Waals surface area contributed by atoms with Gasteiger partial charge in [-0.15, -0.1) is 0 Å². The van der Waals surface area contributed by atoms with Crippen molar-refractivity contribution in [3.8, 4) is 45.2 Å². The molecule has 2 atom stereocenters. The molecule has 0 aliphatic carbocycles. The summed E-state index contributed by atoms with van der Waals surface area (Å²) in [5, 5.41) is 5.89. The van der Waals surface area contributed by atoms with Gasteiger partial charge in [-0.25, -0.2) is 34.5 Å². The average molecular weight is 1080 g/mol. The summed E-state index contributed by atoms with van der Waals surface area (Å²) in [6.45, 7) is 3.08. The van der Waals surface area contributed by atoms with Gasteiger partial charge in [-0.2, -0.15) is 26.3 Å². The van der Waals surface area contributed by atoms with Crippen LogP contribution in [0.1, 0.15) is 35.7 Å². The number of alkyl halides is 6. The molecule has 8 heterocycles. The summed E-state index contributed by atoms with van der Waals surface area (Å²) < 4.78 is 91.2. The molecule has 4 bridgehead atoms. The van der Waals surface area contributed by atoms with Crippen molar-refractivity contribution >= 4 is 52.4 Å². The number of urea groups is 2. The van der Waals surface area contributed by atoms with E-state index in [4.69, 9.17) is 31.0 Å². The van der Waals surface area contributed by atoms with Crippen LogP contribution in [0.15, 0.2) is 148 Å². The van der Waals surface area contributed by atoms with Gasteiger partial charge in [0.05, 0.1) is 64.9 Å². The molecule has 8 N–H and O–H groups in total. The SMILES string of the molecule is NC(N)=NCc1ncc(-c2cccc(NC(=O)N3c4nc(-c5cccc(C(F)(F)F)c5)ccc4N4CC[C@H]3C4)c2)o1.NCc1ncc(-c2cccc(NC(=O)N3c4nc(-c5cccc(C(F)(F)F)c5)ccc4N4CC[C@H]3C4)c2)o1. The normalized spacial score (nSPS) is 16.2. The lowest BCUT2D eigenvalue weighted by molar-refractivity contribution is -0.138. The Morgan fingerprint density at radius 3 is 1.48 bits per heavy atom. The molecule has 404 valence electrons. The number of aromatic nitrogens is 4. The van der Waals surface area contributed by atoms with Crippen molar-refractivity contribution in [2.75, 3.05) is 56.4 Å². The van der Waals surface area contributed by atoms with Crippen molar-refractivity contribution in [1.82, 2.24) is 19.9 Å². The van der Waals surface area contributed by atoms with Gasteiger partial charge in [0.2, 0.25) is 11.8 Å². The zero-order chi connectivity index (χ0) is 55.2. The molecule has 2 fully saturated rings. The van der Waals surface area contributed by atoms with Crippen molar-refractivity contribution in [2.24, 2.45) is 22.2 Å². The highest BCUT2D eigenvalue weighted by atomic mass is 19.4. The summed E-state index contributed by atoms with van der Waals surface area (Å²) in [4.78, 5) is 56.3. The number of hydrogen-bond acceptors (Lipinski definition) is 12. The van der Waals surface area contributed by atoms with Crippen LogP contribution in [0.3, 0.4) is 0 Å². The standard InChI is InChI=1S/C28H25F3N8O2.C27H23F3N6O2/c29-28(30,31)18-5-1-3-16(11-18)21-7-8-22-25(37-21)39(20-9-10-38(22)15-20)27(40)36-19-6-2-4-17(12-19)23-13-34-24(41-23)14-35-26(32)33;28-27(29,30)18-5-1-3-16(11-18)21-7-8-22-25(34-21)36(20-9-10-35(22)15-20)26(37)33-19-6-2-4-17(12-19)23-14-32-24(13-31)38-23/h1-8,11-13,20H,9-10,14-15H2,(H,36,40)(H4,32,33,35);1-8,11-12,14,20H,9-10,13,15,31H2,(H,33,37)/t2*20-/m00/s1. The van der Waals surface area contributed by atoms with Crippen molar-refractivity contribution in [1.29, 1.82) is 0 Å². The van der Waals surface area contributed by atoms with E-state index < -0.39 is 29.5 Å². The fourth-order valence-electron chi connectivity index (χ4n) is 10.1. The maximum Gasteiger partial charge on any atom is 0.416 e. The van der Waals surface area contributed by atoms with Gasteiger partial charge in [0.1, 0.15) is 6.54 Å². The van der Waals surface area contributed by atoms with E-state index in [2.05, 4.69) is 40.4 Å². The highest BCUT2D eigenvalue weighted by Crippen LogP contribution is 2.43. The molecule has 8 aromatic rings. The van der Waals surface area contributed by atoms with Crippen LogP contribution >= 0.6 is 0 Å². The Labute approximate surface area is 446 Å². The zero-order valence-electron chi connectivity index (χ0n) is 41.7. The Bertz CT molecular complexity index is 3640. The average Bonchev–Trinajstić information content (AvgIpc) is 4.37. The van der Waals surface area contributed by atoms with Gasteiger partial charge in [0.15, 0.2) is 29.1 Å². The number of nitrogens with two attached hydrogens (primary N) is 3. The van der Waals surface area contributed by atoms with Crippen LogP contribution in [0.5, 0.6) is 0 Å². The second kappa shape index (κ2) is 20.8. The van der Waals surface area contributed by atoms with E-state index in [0.717, 1.165) is 67.1 Å². The Morgan fingerprint density at radius 2 is 1.04 bits per heavy atom. The number of hydrogen-bond donors (Lipinski definition) is 5. The zero-order valence-corrected chi connectivity index (χ0v) is 41.7. The first kappa shape index (κ1) is 51.6. The van der Waals surface area contributed by atoms with Crippen molar-refractivity contribution < 1.29 is 44.8 Å². The molecule has 2 saturated heterocycles. The number of anilines is 6. The predicted molar refractivity (Wildman–Crippen MR) is 285 cm³/mol. The number of nitrogens with one attached hydrogen (secondary N) is 2. The van der Waals surface area contributed by atoms with Crippen molar-refractivity contribution in [3.05, 3.63) is 157 Å². The van der Waals surface area contributed by atoms with E-state index in [9.17, 15) is 35.9 Å². The number of nitrogens with zero attached hydrogens (tertiary/aromatic N) is 9. The second-order valence-electron chi connectivity index (χ2n) is 19.0. The lowest BCUT2D eigenvalue weighted by atomic mass is 10.1. The Morgan fingerprint density at radius 1 is 0.595 bits per heavy atom. The summed E-state index contributed by atoms with van der Waals surface area (Å²) in [5.74, 6) is 2.50. The number of oxazole rings is 2. The number of carbonyl (C=O) groups excluding carboxylic acids is 2. The summed E-state index contributed by atoms with van der Waals surface area (Å²) in [5.41, 5.74) is 20.2. The van der Waals surface area contributed by atoms with Crippen LogP contribution in [-0.4, -0.2) is 76.2 Å². The van der Waals surface area contributed by atoms with E-state index in [1.165, 1.54) is 12.1 Å². The quantitative estimate of drug-likeness (QED) is 0.0514. The molecule has 4 aliphatic heterocycles. The number of rotatable bonds is 9. The van der Waals surface area contributed by atoms with Crippen molar-refractivity contribution in [3.63, 3.8) is 0 Å². The van der Waals surface area contributed by atoms with Gasteiger partial charge >= 0.3 is 24.4 Å². The number of benzene rings is 4. The Hall–Kier alpha value is -9.45. The summed E-state index contributed by atoms with van der Waals surface area (Å²) in [7, 11) is 0. The summed E-state index contributed by atoms with van der Waals surface area (Å²) in [6, 6.07) is 30.3. The second-order valence-corrected chi connectivity index (χ2v) is 19.0. The molecule has 18 nitrogen and oxygen atoms in total. The molecule has 4 aliphatic rings. The van der Waals surface area contributed by atoms with Gasteiger partial charge < -0.3 is 46.5 Å². The minimum Gasteiger partial charge on any atom is -0.439 e. The molecule has 4 amide bonds. The first-order chi connectivity index (χ1) is 37.9. The topological polar surface area (TPSA) is 239 Å². The third-order valence-corrected chi connectivity index (χ3v) is 13.8. The lowest BCUT2D eigenvalue weighted by Crippen LogP contribution is -2.48. The van der Waals surface area contributed by atoms with Crippen LogP contribution in [0.25, 0.3) is 45.2 Å². The number of carbonyl (C=O) groups is 2. The molecule has 24 heteroatoms. The van der Waals surface area contributed by atoms with Gasteiger partial charge in [0.25, 0.3) is 0 Å².